The van der Waals surface area contributed by atoms with Crippen LogP contribution in [-0.2, 0) is 6.42 Å². The van der Waals surface area contributed by atoms with Gasteiger partial charge in [-0.3, -0.25) is 0 Å². The maximum Gasteiger partial charge on any atom is 0.0462 e. The van der Waals surface area contributed by atoms with Crippen LogP contribution in [0.2, 0.25) is 0 Å². The monoisotopic (exact) mass is 254 g/mol. The molecule has 76 valence electrons. The Morgan fingerprint density at radius 3 is 3.07 bits per heavy atom. The van der Waals surface area contributed by atoms with E-state index in [1.54, 1.807) is 0 Å². The second-order valence-corrected chi connectivity index (χ2v) is 4.97. The van der Waals surface area contributed by atoms with Crippen LogP contribution in [0.5, 0.6) is 0 Å². The average molecular weight is 255 g/mol. The molecule has 0 aromatic heterocycles. The lowest BCUT2D eigenvalue weighted by Crippen LogP contribution is -2.10. The first kappa shape index (κ1) is 10.2. The fourth-order valence-electron chi connectivity index (χ4n) is 2.36. The van der Waals surface area contributed by atoms with Crippen molar-refractivity contribution in [1.29, 1.82) is 0 Å². The first-order valence-corrected chi connectivity index (χ1v) is 5.91. The molecular weight excluding hydrogens is 240 g/mol. The smallest absolute Gasteiger partial charge is 0.0462 e. The van der Waals surface area contributed by atoms with Gasteiger partial charge in [-0.05, 0) is 41.9 Å². The van der Waals surface area contributed by atoms with E-state index in [1.807, 2.05) is 0 Å². The summed E-state index contributed by atoms with van der Waals surface area (Å²) in [4.78, 5) is 0. The molecular formula is C12H15BrO. The van der Waals surface area contributed by atoms with Crippen molar-refractivity contribution in [3.8, 4) is 0 Å². The summed E-state index contributed by atoms with van der Waals surface area (Å²) in [5.41, 5.74) is 2.87. The number of aliphatic hydroxyl groups excluding tert-OH is 1. The van der Waals surface area contributed by atoms with Crippen molar-refractivity contribution in [2.24, 2.45) is 5.92 Å². The van der Waals surface area contributed by atoms with Crippen LogP contribution in [-0.4, -0.2) is 11.7 Å². The Kier molecular flexibility index (Phi) is 2.93. The Labute approximate surface area is 93.3 Å². The highest BCUT2D eigenvalue weighted by atomic mass is 79.9. The summed E-state index contributed by atoms with van der Waals surface area (Å²) in [6.07, 6.45) is 2.32. The lowest BCUT2D eigenvalue weighted by atomic mass is 9.89. The van der Waals surface area contributed by atoms with Crippen molar-refractivity contribution >= 4 is 15.9 Å². The van der Waals surface area contributed by atoms with Crippen LogP contribution in [0.1, 0.15) is 30.4 Å². The van der Waals surface area contributed by atoms with Gasteiger partial charge in [0, 0.05) is 11.1 Å². The molecule has 0 spiro atoms. The predicted molar refractivity (Wildman–Crippen MR) is 61.5 cm³/mol. The molecule has 2 heteroatoms. The third-order valence-corrected chi connectivity index (χ3v) is 3.98. The van der Waals surface area contributed by atoms with Gasteiger partial charge in [0.2, 0.25) is 0 Å². The van der Waals surface area contributed by atoms with Gasteiger partial charge in [0.25, 0.3) is 0 Å². The molecule has 2 atom stereocenters. The molecule has 2 unspecified atom stereocenters. The fraction of sp³-hybridized carbons (Fsp3) is 0.500. The summed E-state index contributed by atoms with van der Waals surface area (Å²) in [6, 6.07) is 6.39. The van der Waals surface area contributed by atoms with E-state index in [2.05, 4.69) is 41.1 Å². The zero-order valence-electron chi connectivity index (χ0n) is 8.33. The van der Waals surface area contributed by atoms with Gasteiger partial charge in [-0.2, -0.15) is 0 Å². The van der Waals surface area contributed by atoms with Crippen molar-refractivity contribution < 1.29 is 5.11 Å². The molecule has 0 bridgehead atoms. The molecule has 14 heavy (non-hydrogen) atoms. The topological polar surface area (TPSA) is 20.2 Å². The Morgan fingerprint density at radius 2 is 2.36 bits per heavy atom. The third-order valence-electron chi connectivity index (χ3n) is 3.23. The van der Waals surface area contributed by atoms with Crippen LogP contribution < -0.4 is 0 Å². The summed E-state index contributed by atoms with van der Waals surface area (Å²) in [6.45, 7) is 2.41. The first-order chi connectivity index (χ1) is 6.74. The van der Waals surface area contributed by atoms with Crippen molar-refractivity contribution in [3.05, 3.63) is 33.8 Å². The molecule has 1 aliphatic carbocycles. The SMILES string of the molecule is CC(CO)C1CCc2c(Br)cccc21. The summed E-state index contributed by atoms with van der Waals surface area (Å²) < 4.78 is 1.22. The van der Waals surface area contributed by atoms with Gasteiger partial charge in [-0.15, -0.1) is 0 Å². The molecule has 0 saturated carbocycles. The Balaban J connectivity index is 2.35. The third kappa shape index (κ3) is 1.61. The van der Waals surface area contributed by atoms with Crippen molar-refractivity contribution in [2.75, 3.05) is 6.61 Å². The Bertz CT molecular complexity index is 335. The number of fused-ring (bicyclic) bond motifs is 1. The fourth-order valence-corrected chi connectivity index (χ4v) is 2.94. The Hall–Kier alpha value is -0.340. The van der Waals surface area contributed by atoms with Crippen LogP contribution in [0.3, 0.4) is 0 Å². The number of benzene rings is 1. The van der Waals surface area contributed by atoms with Gasteiger partial charge in [-0.25, -0.2) is 0 Å². The Morgan fingerprint density at radius 1 is 1.57 bits per heavy atom. The summed E-state index contributed by atoms with van der Waals surface area (Å²) >= 11 is 3.58. The molecule has 0 aliphatic heterocycles. The highest BCUT2D eigenvalue weighted by molar-refractivity contribution is 9.10. The standard InChI is InChI=1S/C12H15BrO/c1-8(7-14)9-5-6-11-10(9)3-2-4-12(11)13/h2-4,8-9,14H,5-7H2,1H3. The van der Waals surface area contributed by atoms with E-state index >= 15 is 0 Å². The van der Waals surface area contributed by atoms with Crippen LogP contribution >= 0.6 is 15.9 Å². The van der Waals surface area contributed by atoms with E-state index < -0.39 is 0 Å². The number of halogens is 1. The van der Waals surface area contributed by atoms with Gasteiger partial charge in [0.1, 0.15) is 0 Å². The first-order valence-electron chi connectivity index (χ1n) is 5.12. The molecule has 1 aromatic carbocycles. The van der Waals surface area contributed by atoms with E-state index in [9.17, 15) is 5.11 Å². The predicted octanol–water partition coefficient (Wildman–Crippen LogP) is 3.11. The van der Waals surface area contributed by atoms with Gasteiger partial charge in [0.15, 0.2) is 0 Å². The normalized spacial score (nSPS) is 22.1. The van der Waals surface area contributed by atoms with Crippen molar-refractivity contribution in [3.63, 3.8) is 0 Å². The van der Waals surface area contributed by atoms with Gasteiger partial charge in [0.05, 0.1) is 0 Å². The maximum absolute atomic E-state index is 9.18. The number of hydrogen-bond donors (Lipinski definition) is 1. The number of aliphatic hydroxyl groups is 1. The zero-order chi connectivity index (χ0) is 10.1. The molecule has 0 saturated heterocycles. The summed E-state index contributed by atoms with van der Waals surface area (Å²) in [5.74, 6) is 0.929. The molecule has 1 aromatic rings. The molecule has 2 rings (SSSR count). The van der Waals surface area contributed by atoms with Gasteiger partial charge >= 0.3 is 0 Å². The molecule has 1 nitrogen and oxygen atoms in total. The minimum atomic E-state index is 0.288. The minimum absolute atomic E-state index is 0.288. The number of rotatable bonds is 2. The molecule has 1 N–H and O–H groups in total. The lowest BCUT2D eigenvalue weighted by Gasteiger charge is -2.17. The van der Waals surface area contributed by atoms with E-state index in [1.165, 1.54) is 22.0 Å². The van der Waals surface area contributed by atoms with Crippen molar-refractivity contribution in [1.82, 2.24) is 0 Å². The molecule has 0 heterocycles. The molecule has 0 radical (unpaired) electrons. The van der Waals surface area contributed by atoms with E-state index in [4.69, 9.17) is 0 Å². The van der Waals surface area contributed by atoms with Crippen LogP contribution in [0.25, 0.3) is 0 Å². The molecule has 1 aliphatic rings. The highest BCUT2D eigenvalue weighted by Crippen LogP contribution is 2.40. The average Bonchev–Trinajstić information content (AvgIpc) is 2.62. The summed E-state index contributed by atoms with van der Waals surface area (Å²) in [5, 5.41) is 9.18. The zero-order valence-corrected chi connectivity index (χ0v) is 9.92. The highest BCUT2D eigenvalue weighted by Gasteiger charge is 2.27. The molecule has 0 fully saturated rings. The largest absolute Gasteiger partial charge is 0.396 e. The van der Waals surface area contributed by atoms with E-state index in [0.29, 0.717) is 11.8 Å². The van der Waals surface area contributed by atoms with Gasteiger partial charge in [-0.1, -0.05) is 35.0 Å². The maximum atomic E-state index is 9.18. The quantitative estimate of drug-likeness (QED) is 0.860. The second-order valence-electron chi connectivity index (χ2n) is 4.11. The minimum Gasteiger partial charge on any atom is -0.396 e. The van der Waals surface area contributed by atoms with Gasteiger partial charge < -0.3 is 5.11 Å². The second kappa shape index (κ2) is 4.03. The van der Waals surface area contributed by atoms with Crippen LogP contribution in [0.4, 0.5) is 0 Å². The lowest BCUT2D eigenvalue weighted by molar-refractivity contribution is 0.215. The molecule has 0 amide bonds. The van der Waals surface area contributed by atoms with Crippen molar-refractivity contribution in [2.45, 2.75) is 25.7 Å². The van der Waals surface area contributed by atoms with Crippen LogP contribution in [0.15, 0.2) is 22.7 Å². The number of hydrogen-bond acceptors (Lipinski definition) is 1. The van der Waals surface area contributed by atoms with E-state index in [-0.39, 0.29) is 6.61 Å². The van der Waals surface area contributed by atoms with E-state index in [0.717, 1.165) is 6.42 Å². The van der Waals surface area contributed by atoms with Crippen LogP contribution in [0, 0.1) is 5.92 Å². The summed E-state index contributed by atoms with van der Waals surface area (Å²) in [7, 11) is 0.